The molecule has 188 valence electrons. The number of rotatable bonds is 11. The second-order valence-electron chi connectivity index (χ2n) is 9.97. The highest BCUT2D eigenvalue weighted by molar-refractivity contribution is 7.89. The van der Waals surface area contributed by atoms with Gasteiger partial charge in [0, 0.05) is 12.6 Å². The zero-order valence-electron chi connectivity index (χ0n) is 21.1. The Labute approximate surface area is 211 Å². The van der Waals surface area contributed by atoms with Crippen LogP contribution in [0.4, 0.5) is 0 Å². The molecule has 0 heterocycles. The monoisotopic (exact) mass is 511 g/mol. The first-order valence-corrected chi connectivity index (χ1v) is 15.4. The second kappa shape index (κ2) is 11.6. The molecule has 0 spiro atoms. The third-order valence-corrected chi connectivity index (χ3v) is 12.9. The molecular weight excluding hydrogens is 474 g/mol. The molecule has 0 aromatic heterocycles. The van der Waals surface area contributed by atoms with Crippen LogP contribution < -0.4 is 15.1 Å². The third kappa shape index (κ3) is 6.48. The van der Waals surface area contributed by atoms with E-state index in [1.54, 1.807) is 24.3 Å². The van der Waals surface area contributed by atoms with Gasteiger partial charge in [-0.15, -0.1) is 0 Å². The highest BCUT2D eigenvalue weighted by atomic mass is 32.2. The summed E-state index contributed by atoms with van der Waals surface area (Å²) in [6, 6.07) is 27.0. The molecule has 0 aliphatic heterocycles. The Hall–Kier alpha value is -2.29. The van der Waals surface area contributed by atoms with Gasteiger partial charge in [-0.2, -0.15) is 0 Å². The molecule has 0 saturated heterocycles. The normalized spacial score (nSPS) is 13.5. The van der Waals surface area contributed by atoms with Crippen LogP contribution in [0.1, 0.15) is 39.2 Å². The average Bonchev–Trinajstić information content (AvgIpc) is 2.84. The van der Waals surface area contributed by atoms with E-state index in [9.17, 15) is 13.5 Å². The number of aliphatic hydroxyl groups excluding tert-OH is 1. The molecule has 2 N–H and O–H groups in total. The topological polar surface area (TPSA) is 75.6 Å². The average molecular weight is 512 g/mol. The Kier molecular flexibility index (Phi) is 9.07. The van der Waals surface area contributed by atoms with Gasteiger partial charge in [0.05, 0.1) is 11.5 Å². The fourth-order valence-electron chi connectivity index (χ4n) is 4.51. The maximum Gasteiger partial charge on any atom is 0.261 e. The van der Waals surface area contributed by atoms with Gasteiger partial charge in [0.1, 0.15) is 0 Å². The van der Waals surface area contributed by atoms with Gasteiger partial charge in [-0.3, -0.25) is 0 Å². The fraction of sp³-hybridized carbons (Fsp3) is 0.357. The van der Waals surface area contributed by atoms with Crippen molar-refractivity contribution >= 4 is 28.7 Å². The van der Waals surface area contributed by atoms with Gasteiger partial charge in [-0.05, 0) is 47.3 Å². The van der Waals surface area contributed by atoms with E-state index in [0.717, 1.165) is 5.56 Å². The zero-order valence-corrected chi connectivity index (χ0v) is 22.9. The predicted molar refractivity (Wildman–Crippen MR) is 145 cm³/mol. The van der Waals surface area contributed by atoms with Gasteiger partial charge < -0.3 is 9.53 Å². The Morgan fingerprint density at radius 3 is 1.86 bits per heavy atom. The van der Waals surface area contributed by atoms with Crippen molar-refractivity contribution in [1.82, 2.24) is 4.72 Å². The molecule has 7 heteroatoms. The van der Waals surface area contributed by atoms with Gasteiger partial charge in [0.2, 0.25) is 10.0 Å². The quantitative estimate of drug-likeness (QED) is 0.302. The van der Waals surface area contributed by atoms with Crippen molar-refractivity contribution in [1.29, 1.82) is 0 Å². The first kappa shape index (κ1) is 27.3. The number of aryl methyl sites for hydroxylation is 1. The van der Waals surface area contributed by atoms with E-state index < -0.39 is 24.4 Å². The first-order valence-electron chi connectivity index (χ1n) is 12.0. The summed E-state index contributed by atoms with van der Waals surface area (Å²) in [4.78, 5) is 0.199. The summed E-state index contributed by atoms with van der Waals surface area (Å²) in [6.45, 7) is 8.79. The van der Waals surface area contributed by atoms with Crippen molar-refractivity contribution in [3.8, 4) is 0 Å². The van der Waals surface area contributed by atoms with Crippen LogP contribution in [0.2, 0.25) is 5.04 Å². The Morgan fingerprint density at radius 1 is 0.886 bits per heavy atom. The maximum absolute atomic E-state index is 12.8. The summed E-state index contributed by atoms with van der Waals surface area (Å²) in [5.41, 5.74) is 0.989. The van der Waals surface area contributed by atoms with E-state index in [-0.39, 0.29) is 16.5 Å². The molecule has 0 unspecified atom stereocenters. The molecule has 0 aliphatic carbocycles. The highest BCUT2D eigenvalue weighted by Crippen LogP contribution is 2.36. The minimum absolute atomic E-state index is 0.126. The lowest BCUT2D eigenvalue weighted by Gasteiger charge is -2.43. The lowest BCUT2D eigenvalue weighted by atomic mass is 10.2. The number of aliphatic hydroxyl groups is 1. The zero-order chi connectivity index (χ0) is 25.5. The van der Waals surface area contributed by atoms with Crippen LogP contribution in [0.25, 0.3) is 0 Å². The fourth-order valence-corrected chi connectivity index (χ4v) is 10.4. The summed E-state index contributed by atoms with van der Waals surface area (Å²) in [5, 5.41) is 12.2. The van der Waals surface area contributed by atoms with Crippen molar-refractivity contribution in [3.63, 3.8) is 0 Å². The largest absolute Gasteiger partial charge is 0.407 e. The number of sulfonamides is 1. The van der Waals surface area contributed by atoms with E-state index in [1.165, 1.54) is 10.4 Å². The summed E-state index contributed by atoms with van der Waals surface area (Å²) < 4.78 is 35.0. The summed E-state index contributed by atoms with van der Waals surface area (Å²) in [5.74, 6) is 0. The molecule has 0 aliphatic rings. The standard InChI is InChI=1S/C28H37NO4SSi/c1-23-17-19-25(20-18-23)34(31,32)29-24(22-30)12-11-21-33-35(28(2,3)4,26-13-7-5-8-14-26)27-15-9-6-10-16-27/h5-10,13-20,24,29-30H,11-12,21-22H2,1-4H3/t24-/m0/s1. The third-order valence-electron chi connectivity index (χ3n) is 6.31. The number of nitrogens with one attached hydrogen (secondary N) is 1. The van der Waals surface area contributed by atoms with Gasteiger partial charge >= 0.3 is 0 Å². The number of hydrogen-bond acceptors (Lipinski definition) is 4. The molecule has 5 nitrogen and oxygen atoms in total. The molecule has 0 bridgehead atoms. The van der Waals surface area contributed by atoms with E-state index in [0.29, 0.717) is 19.4 Å². The minimum atomic E-state index is -3.71. The second-order valence-corrected chi connectivity index (χ2v) is 16.0. The molecular formula is C28H37NO4SSi. The lowest BCUT2D eigenvalue weighted by Crippen LogP contribution is -2.66. The van der Waals surface area contributed by atoms with Gasteiger partial charge in [0.25, 0.3) is 8.32 Å². The lowest BCUT2D eigenvalue weighted by molar-refractivity contribution is 0.232. The molecule has 35 heavy (non-hydrogen) atoms. The molecule has 3 aromatic rings. The number of benzene rings is 3. The van der Waals surface area contributed by atoms with Gasteiger partial charge in [0.15, 0.2) is 0 Å². The van der Waals surface area contributed by atoms with Crippen LogP contribution >= 0.6 is 0 Å². The van der Waals surface area contributed by atoms with Crippen molar-refractivity contribution < 1.29 is 18.0 Å². The molecule has 3 rings (SSSR count). The molecule has 0 radical (unpaired) electrons. The SMILES string of the molecule is Cc1ccc(S(=O)(=O)N[C@H](CO)CCCO[Si](c2ccccc2)(c2ccccc2)C(C)(C)C)cc1. The summed E-state index contributed by atoms with van der Waals surface area (Å²) >= 11 is 0. The Bertz CT molecular complexity index is 1120. The van der Waals surface area contributed by atoms with E-state index in [1.807, 2.05) is 19.1 Å². The summed E-state index contributed by atoms with van der Waals surface area (Å²) in [6.07, 6.45) is 1.09. The smallest absolute Gasteiger partial charge is 0.261 e. The Morgan fingerprint density at radius 2 is 1.40 bits per heavy atom. The molecule has 3 aromatic carbocycles. The van der Waals surface area contributed by atoms with Crippen LogP contribution in [0.5, 0.6) is 0 Å². The van der Waals surface area contributed by atoms with Crippen molar-refractivity contribution in [2.24, 2.45) is 0 Å². The molecule has 0 saturated carbocycles. The predicted octanol–water partition coefficient (Wildman–Crippen LogP) is 3.99. The van der Waals surface area contributed by atoms with Crippen LogP contribution in [-0.4, -0.2) is 41.1 Å². The van der Waals surface area contributed by atoms with Crippen LogP contribution in [0.3, 0.4) is 0 Å². The van der Waals surface area contributed by atoms with E-state index in [2.05, 4.69) is 74.0 Å². The molecule has 1 atom stereocenters. The Balaban J connectivity index is 1.75. The van der Waals surface area contributed by atoms with Crippen LogP contribution in [0.15, 0.2) is 89.8 Å². The molecule has 0 amide bonds. The van der Waals surface area contributed by atoms with E-state index in [4.69, 9.17) is 4.43 Å². The maximum atomic E-state index is 12.8. The summed E-state index contributed by atoms with van der Waals surface area (Å²) in [7, 11) is -6.34. The minimum Gasteiger partial charge on any atom is -0.407 e. The van der Waals surface area contributed by atoms with Crippen molar-refractivity contribution in [2.45, 2.75) is 56.5 Å². The van der Waals surface area contributed by atoms with Crippen LogP contribution in [0, 0.1) is 6.92 Å². The number of hydrogen-bond donors (Lipinski definition) is 2. The van der Waals surface area contributed by atoms with Crippen molar-refractivity contribution in [3.05, 3.63) is 90.5 Å². The first-order chi connectivity index (χ1) is 16.6. The van der Waals surface area contributed by atoms with Gasteiger partial charge in [-0.25, -0.2) is 13.1 Å². The van der Waals surface area contributed by atoms with Crippen LogP contribution in [-0.2, 0) is 14.4 Å². The van der Waals surface area contributed by atoms with E-state index >= 15 is 0 Å². The highest BCUT2D eigenvalue weighted by Gasteiger charge is 2.49. The van der Waals surface area contributed by atoms with Crippen molar-refractivity contribution in [2.75, 3.05) is 13.2 Å². The van der Waals surface area contributed by atoms with Gasteiger partial charge in [-0.1, -0.05) is 99.1 Å². The molecule has 0 fully saturated rings.